The van der Waals surface area contributed by atoms with Crippen LogP contribution >= 0.6 is 24.0 Å². The first-order valence-electron chi connectivity index (χ1n) is 6.11. The number of pyridine rings is 1. The van der Waals surface area contributed by atoms with Crippen LogP contribution in [0, 0.1) is 6.92 Å². The fraction of sp³-hybridized carbons (Fsp3) is 0.0625. The summed E-state index contributed by atoms with van der Waals surface area (Å²) in [5.41, 5.74) is 2.01. The van der Waals surface area contributed by atoms with Gasteiger partial charge < -0.3 is 5.32 Å². The highest BCUT2D eigenvalue weighted by molar-refractivity contribution is 6.31. The maximum Gasteiger partial charge on any atom is 0.138 e. The summed E-state index contributed by atoms with van der Waals surface area (Å²) in [6, 6.07) is 16.1. The molecule has 0 atom stereocenters. The molecule has 3 aromatic rings. The molecule has 3 rings (SSSR count). The van der Waals surface area contributed by atoms with Crippen LogP contribution in [0.5, 0.6) is 0 Å². The van der Waals surface area contributed by atoms with Crippen LogP contribution in [-0.4, -0.2) is 4.98 Å². The summed E-state index contributed by atoms with van der Waals surface area (Å²) >= 11 is 6.14. The summed E-state index contributed by atoms with van der Waals surface area (Å²) in [6.45, 7) is 1.99. The van der Waals surface area contributed by atoms with Crippen molar-refractivity contribution in [2.24, 2.45) is 0 Å². The van der Waals surface area contributed by atoms with Gasteiger partial charge in [-0.2, -0.15) is 0 Å². The molecule has 0 aliphatic carbocycles. The quantitative estimate of drug-likeness (QED) is 0.689. The zero-order chi connectivity index (χ0) is 13.2. The van der Waals surface area contributed by atoms with Crippen LogP contribution in [0.4, 0.5) is 11.5 Å². The molecular formula is C16H14Cl2N2. The van der Waals surface area contributed by atoms with Crippen molar-refractivity contribution in [3.63, 3.8) is 0 Å². The van der Waals surface area contributed by atoms with Crippen molar-refractivity contribution in [1.82, 2.24) is 4.98 Å². The van der Waals surface area contributed by atoms with E-state index in [1.807, 2.05) is 43.3 Å². The number of nitrogens with one attached hydrogen (secondary N) is 1. The number of hydrogen-bond donors (Lipinski definition) is 1. The van der Waals surface area contributed by atoms with E-state index in [-0.39, 0.29) is 12.4 Å². The molecule has 1 aromatic heterocycles. The third-order valence-corrected chi connectivity index (χ3v) is 3.52. The van der Waals surface area contributed by atoms with Gasteiger partial charge >= 0.3 is 0 Å². The van der Waals surface area contributed by atoms with Crippen LogP contribution in [0.15, 0.2) is 54.7 Å². The predicted octanol–water partition coefficient (Wildman–Crippen LogP) is 5.36. The second kappa shape index (κ2) is 6.12. The highest BCUT2D eigenvalue weighted by atomic mass is 35.5. The second-order valence-corrected chi connectivity index (χ2v) is 4.88. The van der Waals surface area contributed by atoms with Gasteiger partial charge in [-0.15, -0.1) is 12.4 Å². The number of rotatable bonds is 2. The molecule has 1 heterocycles. The Labute approximate surface area is 129 Å². The maximum atomic E-state index is 6.14. The van der Waals surface area contributed by atoms with E-state index in [1.165, 1.54) is 5.39 Å². The SMILES string of the molecule is Cc1ccc(Nc2nccc3ccccc23)cc1Cl.Cl. The Kier molecular flexibility index (Phi) is 4.48. The molecule has 0 bridgehead atoms. The van der Waals surface area contributed by atoms with Gasteiger partial charge in [-0.05, 0) is 36.1 Å². The van der Waals surface area contributed by atoms with E-state index in [2.05, 4.69) is 22.4 Å². The first-order chi connectivity index (χ1) is 9.24. The van der Waals surface area contributed by atoms with Gasteiger partial charge in [-0.1, -0.05) is 41.9 Å². The molecule has 0 spiro atoms. The molecule has 0 saturated heterocycles. The van der Waals surface area contributed by atoms with Crippen LogP contribution in [0.1, 0.15) is 5.56 Å². The van der Waals surface area contributed by atoms with Crippen LogP contribution < -0.4 is 5.32 Å². The van der Waals surface area contributed by atoms with Gasteiger partial charge in [0.15, 0.2) is 0 Å². The molecule has 1 N–H and O–H groups in total. The number of fused-ring (bicyclic) bond motifs is 1. The molecule has 2 nitrogen and oxygen atoms in total. The Morgan fingerprint density at radius 3 is 2.65 bits per heavy atom. The summed E-state index contributed by atoms with van der Waals surface area (Å²) < 4.78 is 0. The summed E-state index contributed by atoms with van der Waals surface area (Å²) in [4.78, 5) is 4.40. The van der Waals surface area contributed by atoms with Crippen molar-refractivity contribution in [2.75, 3.05) is 5.32 Å². The Morgan fingerprint density at radius 2 is 1.85 bits per heavy atom. The van der Waals surface area contributed by atoms with E-state index in [1.54, 1.807) is 6.20 Å². The average Bonchev–Trinajstić information content (AvgIpc) is 2.43. The van der Waals surface area contributed by atoms with Crippen molar-refractivity contribution in [3.8, 4) is 0 Å². The molecule has 0 unspecified atom stereocenters. The van der Waals surface area contributed by atoms with Crippen molar-refractivity contribution >= 4 is 46.3 Å². The number of halogens is 2. The summed E-state index contributed by atoms with van der Waals surface area (Å²) in [5, 5.41) is 6.34. The Balaban J connectivity index is 0.00000147. The molecule has 0 fully saturated rings. The summed E-state index contributed by atoms with van der Waals surface area (Å²) in [6.07, 6.45) is 1.81. The van der Waals surface area contributed by atoms with Gasteiger partial charge in [0, 0.05) is 22.3 Å². The fourth-order valence-electron chi connectivity index (χ4n) is 2.03. The van der Waals surface area contributed by atoms with Crippen LogP contribution in [0.3, 0.4) is 0 Å². The van der Waals surface area contributed by atoms with E-state index < -0.39 is 0 Å². The van der Waals surface area contributed by atoms with E-state index in [9.17, 15) is 0 Å². The number of benzene rings is 2. The van der Waals surface area contributed by atoms with Gasteiger partial charge in [-0.25, -0.2) is 4.98 Å². The molecule has 0 saturated carbocycles. The number of aromatic nitrogens is 1. The standard InChI is InChI=1S/C16H13ClN2.ClH/c1-11-6-7-13(10-15(11)17)19-16-14-5-3-2-4-12(14)8-9-18-16;/h2-10H,1H3,(H,18,19);1H. The minimum atomic E-state index is 0. The molecule has 2 aromatic carbocycles. The third-order valence-electron chi connectivity index (χ3n) is 3.11. The van der Waals surface area contributed by atoms with Gasteiger partial charge in [0.05, 0.1) is 0 Å². The smallest absolute Gasteiger partial charge is 0.138 e. The highest BCUT2D eigenvalue weighted by Gasteiger charge is 2.03. The van der Waals surface area contributed by atoms with E-state index in [0.717, 1.165) is 27.5 Å². The van der Waals surface area contributed by atoms with Crippen molar-refractivity contribution in [1.29, 1.82) is 0 Å². The van der Waals surface area contributed by atoms with Crippen molar-refractivity contribution in [2.45, 2.75) is 6.92 Å². The number of anilines is 2. The third kappa shape index (κ3) is 2.87. The minimum absolute atomic E-state index is 0. The largest absolute Gasteiger partial charge is 0.340 e. The van der Waals surface area contributed by atoms with E-state index >= 15 is 0 Å². The molecule has 0 amide bonds. The topological polar surface area (TPSA) is 24.9 Å². The van der Waals surface area contributed by atoms with E-state index in [0.29, 0.717) is 0 Å². The molecule has 4 heteroatoms. The molecule has 0 aliphatic rings. The maximum absolute atomic E-state index is 6.14. The zero-order valence-electron chi connectivity index (χ0n) is 10.9. The van der Waals surface area contributed by atoms with E-state index in [4.69, 9.17) is 11.6 Å². The zero-order valence-corrected chi connectivity index (χ0v) is 12.5. The predicted molar refractivity (Wildman–Crippen MR) is 88.5 cm³/mol. The Morgan fingerprint density at radius 1 is 1.05 bits per heavy atom. The fourth-order valence-corrected chi connectivity index (χ4v) is 2.21. The monoisotopic (exact) mass is 304 g/mol. The van der Waals surface area contributed by atoms with Gasteiger partial charge in [0.1, 0.15) is 5.82 Å². The lowest BCUT2D eigenvalue weighted by Crippen LogP contribution is -1.94. The lowest BCUT2D eigenvalue weighted by Gasteiger charge is -2.09. The van der Waals surface area contributed by atoms with Gasteiger partial charge in [-0.3, -0.25) is 0 Å². The molecular weight excluding hydrogens is 291 g/mol. The molecule has 102 valence electrons. The van der Waals surface area contributed by atoms with Crippen LogP contribution in [0.25, 0.3) is 10.8 Å². The first-order valence-corrected chi connectivity index (χ1v) is 6.49. The second-order valence-electron chi connectivity index (χ2n) is 4.47. The Bertz CT molecular complexity index is 736. The number of hydrogen-bond acceptors (Lipinski definition) is 2. The van der Waals surface area contributed by atoms with Crippen LogP contribution in [0.2, 0.25) is 5.02 Å². The molecule has 0 aliphatic heterocycles. The van der Waals surface area contributed by atoms with Crippen molar-refractivity contribution in [3.05, 3.63) is 65.3 Å². The first kappa shape index (κ1) is 14.6. The summed E-state index contributed by atoms with van der Waals surface area (Å²) in [5.74, 6) is 0.845. The number of nitrogens with zero attached hydrogens (tertiary/aromatic N) is 1. The van der Waals surface area contributed by atoms with Gasteiger partial charge in [0.25, 0.3) is 0 Å². The van der Waals surface area contributed by atoms with Crippen LogP contribution in [-0.2, 0) is 0 Å². The average molecular weight is 305 g/mol. The van der Waals surface area contributed by atoms with Crippen molar-refractivity contribution < 1.29 is 0 Å². The highest BCUT2D eigenvalue weighted by Crippen LogP contribution is 2.26. The normalized spacial score (nSPS) is 10.1. The Hall–Kier alpha value is -1.77. The molecule has 20 heavy (non-hydrogen) atoms. The number of aryl methyl sites for hydroxylation is 1. The lowest BCUT2D eigenvalue weighted by atomic mass is 10.1. The minimum Gasteiger partial charge on any atom is -0.340 e. The lowest BCUT2D eigenvalue weighted by molar-refractivity contribution is 1.33. The van der Waals surface area contributed by atoms with Gasteiger partial charge in [0.2, 0.25) is 0 Å². The summed E-state index contributed by atoms with van der Waals surface area (Å²) in [7, 11) is 0. The molecule has 0 radical (unpaired) electrons.